The first-order valence-electron chi connectivity index (χ1n) is 13.9. The van der Waals surface area contributed by atoms with Gasteiger partial charge in [-0.1, -0.05) is 59.7 Å². The maximum absolute atomic E-state index is 13.0. The van der Waals surface area contributed by atoms with Crippen molar-refractivity contribution in [3.8, 4) is 0 Å². The molecule has 0 amide bonds. The van der Waals surface area contributed by atoms with Gasteiger partial charge in [-0.2, -0.15) is 18.3 Å². The van der Waals surface area contributed by atoms with Crippen LogP contribution in [0.2, 0.25) is 0 Å². The molecule has 0 aliphatic carbocycles. The van der Waals surface area contributed by atoms with Crippen molar-refractivity contribution in [1.29, 1.82) is 0 Å². The maximum Gasteiger partial charge on any atom is 0.392 e. The fourth-order valence-electron chi connectivity index (χ4n) is 3.21. The second-order valence-corrected chi connectivity index (χ2v) is 9.65. The van der Waals surface area contributed by atoms with Gasteiger partial charge < -0.3 is 25.3 Å². The van der Waals surface area contributed by atoms with Crippen molar-refractivity contribution in [2.24, 2.45) is 5.10 Å². The van der Waals surface area contributed by atoms with E-state index in [1.54, 1.807) is 57.5 Å². The highest BCUT2D eigenvalue weighted by Gasteiger charge is 2.26. The summed E-state index contributed by atoms with van der Waals surface area (Å²) in [5.41, 5.74) is 3.56. The smallest absolute Gasteiger partial charge is 0.392 e. The number of hydrogen-bond acceptors (Lipinski definition) is 7. The molecule has 1 aromatic carbocycles. The molecule has 7 nitrogen and oxygen atoms in total. The highest BCUT2D eigenvalue weighted by atomic mass is 35.5. The summed E-state index contributed by atoms with van der Waals surface area (Å²) in [5.74, 6) is 0.129. The van der Waals surface area contributed by atoms with E-state index in [1.165, 1.54) is 10.6 Å². The fraction of sp³-hybridized carbons (Fsp3) is 0.364. The van der Waals surface area contributed by atoms with Crippen molar-refractivity contribution in [2.45, 2.75) is 59.1 Å². The Morgan fingerprint density at radius 1 is 1.16 bits per heavy atom. The molecule has 3 N–H and O–H groups in total. The molecule has 0 spiro atoms. The van der Waals surface area contributed by atoms with Crippen LogP contribution in [0.5, 0.6) is 0 Å². The van der Waals surface area contributed by atoms with Gasteiger partial charge in [-0.05, 0) is 82.5 Å². The van der Waals surface area contributed by atoms with E-state index in [0.29, 0.717) is 30.1 Å². The molecule has 0 heterocycles. The number of rotatable bonds is 17. The zero-order valence-electron chi connectivity index (χ0n) is 26.0. The highest BCUT2D eigenvalue weighted by Crippen LogP contribution is 2.23. The van der Waals surface area contributed by atoms with Gasteiger partial charge in [-0.25, -0.2) is 5.01 Å². The molecule has 0 bridgehead atoms. The van der Waals surface area contributed by atoms with E-state index in [-0.39, 0.29) is 12.4 Å². The molecule has 0 unspecified atom stereocenters. The Morgan fingerprint density at radius 3 is 2.30 bits per heavy atom. The molecule has 0 aliphatic rings. The summed E-state index contributed by atoms with van der Waals surface area (Å²) in [7, 11) is 1.80. The zero-order chi connectivity index (χ0) is 33.8. The lowest BCUT2D eigenvalue weighted by Gasteiger charge is -2.21. The van der Waals surface area contributed by atoms with E-state index in [2.05, 4.69) is 34.6 Å². The Hall–Kier alpha value is -3.73. The average Bonchev–Trinajstić information content (AvgIpc) is 2.99. The highest BCUT2D eigenvalue weighted by molar-refractivity contribution is 6.29. The van der Waals surface area contributed by atoms with Gasteiger partial charge in [0.05, 0.1) is 13.0 Å². The number of aliphatic hydroxyl groups excluding tert-OH is 1. The Labute approximate surface area is 265 Å². The van der Waals surface area contributed by atoms with Gasteiger partial charge in [0, 0.05) is 36.6 Å². The van der Waals surface area contributed by atoms with Gasteiger partial charge in [-0.3, -0.25) is 0 Å². The van der Waals surface area contributed by atoms with E-state index in [9.17, 15) is 18.0 Å². The minimum Gasteiger partial charge on any atom is -0.395 e. The number of alkyl halides is 3. The van der Waals surface area contributed by atoms with Crippen LogP contribution >= 0.6 is 11.6 Å². The number of likely N-dealkylation sites (N-methyl/N-ethyl adjacent to an activating group) is 1. The third kappa shape index (κ3) is 23.8. The summed E-state index contributed by atoms with van der Waals surface area (Å²) in [4.78, 5) is 18.5. The molecule has 1 aromatic rings. The lowest BCUT2D eigenvalue weighted by molar-refractivity contribution is -0.125. The standard InChI is InChI=1S/C29H35ClF3N3O.C3H9NO.CH2O/c1-5-25(12-6-7-21-37)13-9-14-26-15-17-27(18-16-26)35-28(19-20-29(31,32)33)36(34-4)22-23(2)10-8-11-24(3)30;1-4-2-3-5;1-2/h5,8-11,13,15-19,21-22,35H,4,6-7,12,14,20H2,1-3H3;4-5H,2-3H2,1H3;1H2/b10-8-,13-9-,23-22+,24-11+,25-5-,28-19-;;. The van der Waals surface area contributed by atoms with Crippen molar-refractivity contribution in [3.05, 3.63) is 101 Å². The second kappa shape index (κ2) is 26.9. The third-order valence-electron chi connectivity index (χ3n) is 5.37. The Balaban J connectivity index is 0. The van der Waals surface area contributed by atoms with E-state index in [4.69, 9.17) is 21.5 Å². The van der Waals surface area contributed by atoms with Crippen LogP contribution in [0.25, 0.3) is 0 Å². The van der Waals surface area contributed by atoms with Crippen LogP contribution in [0.3, 0.4) is 0 Å². The van der Waals surface area contributed by atoms with Gasteiger partial charge in [0.2, 0.25) is 0 Å². The van der Waals surface area contributed by atoms with Gasteiger partial charge in [-0.15, -0.1) is 0 Å². The normalized spacial score (nSPS) is 12.8. The number of allylic oxidation sites excluding steroid dienone is 10. The van der Waals surface area contributed by atoms with Crippen molar-refractivity contribution in [2.75, 3.05) is 25.5 Å². The minimum absolute atomic E-state index is 0.129. The summed E-state index contributed by atoms with van der Waals surface area (Å²) >= 11 is 5.81. The molecular weight excluding hydrogens is 593 g/mol. The molecule has 44 heavy (non-hydrogen) atoms. The first-order chi connectivity index (χ1) is 21.0. The molecule has 244 valence electrons. The zero-order valence-corrected chi connectivity index (χ0v) is 26.8. The number of unbranched alkanes of at least 4 members (excludes halogenated alkanes) is 1. The Kier molecular flexibility index (Phi) is 25.9. The Bertz CT molecular complexity index is 1120. The van der Waals surface area contributed by atoms with Crippen LogP contribution in [-0.2, 0) is 16.0 Å². The largest absolute Gasteiger partial charge is 0.395 e. The summed E-state index contributed by atoms with van der Waals surface area (Å²) in [5, 5.41) is 19.5. The topological polar surface area (TPSA) is 94.0 Å². The predicted molar refractivity (Wildman–Crippen MR) is 177 cm³/mol. The molecule has 11 heteroatoms. The van der Waals surface area contributed by atoms with Gasteiger partial charge in [0.15, 0.2) is 0 Å². The predicted octanol–water partition coefficient (Wildman–Crippen LogP) is 7.84. The lowest BCUT2D eigenvalue weighted by Crippen LogP contribution is -2.18. The number of hydrogen-bond donors (Lipinski definition) is 3. The van der Waals surface area contributed by atoms with Gasteiger partial charge in [0.25, 0.3) is 0 Å². The average molecular weight is 639 g/mol. The van der Waals surface area contributed by atoms with Crippen LogP contribution in [-0.4, -0.2) is 56.3 Å². The monoisotopic (exact) mass is 638 g/mol. The molecule has 1 rings (SSSR count). The third-order valence-corrected chi connectivity index (χ3v) is 5.49. The Morgan fingerprint density at radius 2 is 1.82 bits per heavy atom. The van der Waals surface area contributed by atoms with E-state index < -0.39 is 12.6 Å². The number of hydrazone groups is 1. The number of anilines is 1. The van der Waals surface area contributed by atoms with E-state index >= 15 is 0 Å². The van der Waals surface area contributed by atoms with E-state index in [0.717, 1.165) is 36.3 Å². The van der Waals surface area contributed by atoms with Gasteiger partial charge in [0.1, 0.15) is 18.9 Å². The van der Waals surface area contributed by atoms with E-state index in [1.807, 2.05) is 31.9 Å². The van der Waals surface area contributed by atoms with Crippen LogP contribution in [0.4, 0.5) is 18.9 Å². The molecule has 0 saturated carbocycles. The number of halogens is 4. The first-order valence-corrected chi connectivity index (χ1v) is 14.2. The molecule has 0 saturated heterocycles. The number of benzene rings is 1. The molecule has 0 aromatic heterocycles. The maximum atomic E-state index is 13.0. The van der Waals surface area contributed by atoms with Crippen LogP contribution < -0.4 is 10.6 Å². The number of aliphatic hydroxyl groups is 1. The van der Waals surface area contributed by atoms with Crippen molar-refractivity contribution in [1.82, 2.24) is 10.3 Å². The summed E-state index contributed by atoms with van der Waals surface area (Å²) in [6.07, 6.45) is 12.3. The summed E-state index contributed by atoms with van der Waals surface area (Å²) < 4.78 is 38.9. The summed E-state index contributed by atoms with van der Waals surface area (Å²) in [6, 6.07) is 7.42. The molecule has 0 fully saturated rings. The molecule has 0 atom stereocenters. The van der Waals surface area contributed by atoms with Crippen molar-refractivity contribution in [3.63, 3.8) is 0 Å². The molecule has 0 radical (unpaired) electrons. The first kappa shape index (κ1) is 42.4. The van der Waals surface area contributed by atoms with Gasteiger partial charge >= 0.3 is 6.18 Å². The summed E-state index contributed by atoms with van der Waals surface area (Å²) in [6.45, 7) is 11.9. The number of carbonyl (C=O) groups is 2. The molecular formula is C33H46ClF3N4O3. The quantitative estimate of drug-likeness (QED) is 0.0529. The van der Waals surface area contributed by atoms with Crippen LogP contribution in [0, 0.1) is 0 Å². The fourth-order valence-corrected chi connectivity index (χ4v) is 3.29. The van der Waals surface area contributed by atoms with Crippen LogP contribution in [0.15, 0.2) is 100 Å². The SMILES string of the molecule is C=NN(/C=C(C)/C=C\C=C(/C)Cl)/C(=C\CC(F)(F)F)Nc1ccc(C/C=C\C(=C/C)CCCC=O)cc1.C=O.CNCCO. The lowest BCUT2D eigenvalue weighted by atomic mass is 10.1. The number of nitrogens with one attached hydrogen (secondary N) is 2. The molecule has 0 aliphatic heterocycles. The van der Waals surface area contributed by atoms with Crippen molar-refractivity contribution >= 4 is 37.1 Å². The second-order valence-electron chi connectivity index (χ2n) is 9.06. The van der Waals surface area contributed by atoms with Crippen LogP contribution in [0.1, 0.15) is 52.0 Å². The number of carbonyl (C=O) groups excluding carboxylic acids is 2. The van der Waals surface area contributed by atoms with Crippen molar-refractivity contribution < 1.29 is 27.9 Å². The number of aldehydes is 1. The number of nitrogens with zero attached hydrogens (tertiary/aromatic N) is 2. The minimum atomic E-state index is -4.36.